The minimum absolute atomic E-state index is 0.0274. The summed E-state index contributed by atoms with van der Waals surface area (Å²) in [6.45, 7) is 4.95. The molecule has 1 aliphatic heterocycles. The highest BCUT2D eigenvalue weighted by molar-refractivity contribution is 5.98. The predicted molar refractivity (Wildman–Crippen MR) is 108 cm³/mol. The van der Waals surface area contributed by atoms with Crippen molar-refractivity contribution in [2.75, 3.05) is 37.8 Å². The van der Waals surface area contributed by atoms with Crippen molar-refractivity contribution in [1.29, 1.82) is 0 Å². The van der Waals surface area contributed by atoms with E-state index in [1.165, 1.54) is 6.20 Å². The number of aliphatic hydroxyl groups excluding tert-OH is 1. The number of fused-ring (bicyclic) bond motifs is 1. The van der Waals surface area contributed by atoms with Gasteiger partial charge in [0.2, 0.25) is 5.95 Å². The number of carbonyl (C=O) groups is 2. The summed E-state index contributed by atoms with van der Waals surface area (Å²) in [4.78, 5) is 33.9. The Bertz CT molecular complexity index is 856. The van der Waals surface area contributed by atoms with E-state index in [0.29, 0.717) is 24.6 Å². The van der Waals surface area contributed by atoms with Crippen molar-refractivity contribution in [3.05, 3.63) is 41.1 Å². The molecule has 9 nitrogen and oxygen atoms in total. The summed E-state index contributed by atoms with van der Waals surface area (Å²) >= 11 is 0. The predicted octanol–water partition coefficient (Wildman–Crippen LogP) is 1.18. The molecule has 1 aromatic carbocycles. The summed E-state index contributed by atoms with van der Waals surface area (Å²) in [6, 6.07) is 5.51. The molecule has 9 heteroatoms. The first-order valence-corrected chi connectivity index (χ1v) is 9.08. The molecule has 3 rings (SSSR count). The summed E-state index contributed by atoms with van der Waals surface area (Å²) in [6.07, 6.45) is 2.19. The van der Waals surface area contributed by atoms with Gasteiger partial charge in [-0.05, 0) is 44.0 Å². The van der Waals surface area contributed by atoms with Crippen molar-refractivity contribution in [3.8, 4) is 0 Å². The number of nitrogens with one attached hydrogen (secondary N) is 2. The maximum atomic E-state index is 12.1. The van der Waals surface area contributed by atoms with E-state index in [-0.39, 0.29) is 29.8 Å². The van der Waals surface area contributed by atoms with Gasteiger partial charge in [-0.25, -0.2) is 4.98 Å². The Morgan fingerprint density at radius 2 is 2.07 bits per heavy atom. The SMILES string of the molecule is CCNC(=O)c1cnc(Nc2ccc3c(c2)CCN(C)C3=O)nc1N.CCO. The van der Waals surface area contributed by atoms with Gasteiger partial charge in [-0.1, -0.05) is 0 Å². The average Bonchev–Trinajstić information content (AvgIpc) is 2.66. The number of nitrogens with zero attached hydrogens (tertiary/aromatic N) is 3. The van der Waals surface area contributed by atoms with Crippen molar-refractivity contribution in [1.82, 2.24) is 20.2 Å². The maximum absolute atomic E-state index is 12.1. The van der Waals surface area contributed by atoms with Gasteiger partial charge in [0.15, 0.2) is 0 Å². The quantitative estimate of drug-likeness (QED) is 0.620. The molecule has 0 saturated carbocycles. The second-order valence-electron chi connectivity index (χ2n) is 6.14. The minimum Gasteiger partial charge on any atom is -0.397 e. The van der Waals surface area contributed by atoms with Crippen molar-refractivity contribution >= 4 is 29.3 Å². The number of aliphatic hydroxyl groups is 1. The number of benzene rings is 1. The van der Waals surface area contributed by atoms with Gasteiger partial charge in [0.05, 0.1) is 5.56 Å². The number of aromatic nitrogens is 2. The number of nitrogens with two attached hydrogens (primary N) is 1. The van der Waals surface area contributed by atoms with Crippen LogP contribution in [0.5, 0.6) is 0 Å². The van der Waals surface area contributed by atoms with Crippen molar-refractivity contribution in [2.24, 2.45) is 0 Å². The Morgan fingerprint density at radius 3 is 2.71 bits per heavy atom. The maximum Gasteiger partial charge on any atom is 0.256 e. The second-order valence-corrected chi connectivity index (χ2v) is 6.14. The first-order chi connectivity index (χ1) is 13.4. The van der Waals surface area contributed by atoms with Crippen LogP contribution in [0.15, 0.2) is 24.4 Å². The van der Waals surface area contributed by atoms with Crippen LogP contribution in [-0.4, -0.2) is 58.5 Å². The molecule has 0 fully saturated rings. The molecule has 1 aromatic heterocycles. The monoisotopic (exact) mass is 386 g/mol. The number of rotatable bonds is 4. The highest BCUT2D eigenvalue weighted by atomic mass is 16.2. The molecule has 28 heavy (non-hydrogen) atoms. The van der Waals surface area contributed by atoms with Crippen LogP contribution in [0.2, 0.25) is 0 Å². The molecule has 0 spiro atoms. The molecule has 0 saturated heterocycles. The van der Waals surface area contributed by atoms with Crippen LogP contribution < -0.4 is 16.4 Å². The van der Waals surface area contributed by atoms with E-state index in [1.54, 1.807) is 31.0 Å². The Morgan fingerprint density at radius 1 is 1.36 bits per heavy atom. The molecule has 2 aromatic rings. The fourth-order valence-electron chi connectivity index (χ4n) is 2.70. The van der Waals surface area contributed by atoms with E-state index in [0.717, 1.165) is 17.7 Å². The third kappa shape index (κ3) is 4.95. The standard InChI is InChI=1S/C17H20N6O2.C2H6O/c1-3-19-15(24)13-9-20-17(22-14(13)18)21-11-4-5-12-10(8-11)6-7-23(2)16(12)25;1-2-3/h4-5,8-9H,3,6-7H2,1-2H3,(H,19,24)(H3,18,20,21,22);3H,2H2,1H3. The van der Waals surface area contributed by atoms with Crippen molar-refractivity contribution in [2.45, 2.75) is 20.3 Å². The fraction of sp³-hybridized carbons (Fsp3) is 0.368. The van der Waals surface area contributed by atoms with Crippen LogP contribution in [-0.2, 0) is 6.42 Å². The fourth-order valence-corrected chi connectivity index (χ4v) is 2.70. The van der Waals surface area contributed by atoms with Gasteiger partial charge in [0, 0.05) is 44.2 Å². The number of hydrogen-bond donors (Lipinski definition) is 4. The third-order valence-corrected chi connectivity index (χ3v) is 4.06. The largest absolute Gasteiger partial charge is 0.397 e. The summed E-state index contributed by atoms with van der Waals surface area (Å²) in [7, 11) is 1.80. The first kappa shape index (κ1) is 21.1. The van der Waals surface area contributed by atoms with Gasteiger partial charge >= 0.3 is 0 Å². The zero-order chi connectivity index (χ0) is 20.7. The van der Waals surface area contributed by atoms with Crippen molar-refractivity contribution in [3.63, 3.8) is 0 Å². The molecule has 0 atom stereocenters. The number of likely N-dealkylation sites (N-methyl/N-ethyl adjacent to an activating group) is 1. The molecule has 5 N–H and O–H groups in total. The molecule has 0 aliphatic carbocycles. The molecule has 2 heterocycles. The summed E-state index contributed by atoms with van der Waals surface area (Å²) in [5.74, 6) is 0.130. The Kier molecular flexibility index (Phi) is 7.28. The Labute approximate surface area is 164 Å². The van der Waals surface area contributed by atoms with Gasteiger partial charge in [0.25, 0.3) is 11.8 Å². The highest BCUT2D eigenvalue weighted by Crippen LogP contribution is 2.23. The lowest BCUT2D eigenvalue weighted by Crippen LogP contribution is -2.34. The molecular weight excluding hydrogens is 360 g/mol. The lowest BCUT2D eigenvalue weighted by Gasteiger charge is -2.25. The van der Waals surface area contributed by atoms with E-state index in [1.807, 2.05) is 13.0 Å². The van der Waals surface area contributed by atoms with Gasteiger partial charge in [-0.2, -0.15) is 4.98 Å². The second kappa shape index (κ2) is 9.65. The number of hydrogen-bond acceptors (Lipinski definition) is 7. The number of anilines is 3. The van der Waals surface area contributed by atoms with Crippen molar-refractivity contribution < 1.29 is 14.7 Å². The van der Waals surface area contributed by atoms with E-state index in [4.69, 9.17) is 10.8 Å². The van der Waals surface area contributed by atoms with Crippen LogP contribution in [0.4, 0.5) is 17.5 Å². The van der Waals surface area contributed by atoms with E-state index in [9.17, 15) is 9.59 Å². The normalized spacial score (nSPS) is 12.6. The summed E-state index contributed by atoms with van der Waals surface area (Å²) in [5, 5.41) is 13.3. The van der Waals surface area contributed by atoms with Gasteiger partial charge < -0.3 is 26.4 Å². The lowest BCUT2D eigenvalue weighted by atomic mass is 9.99. The van der Waals surface area contributed by atoms with Crippen LogP contribution >= 0.6 is 0 Å². The zero-order valence-corrected chi connectivity index (χ0v) is 16.3. The minimum atomic E-state index is -0.303. The van der Waals surface area contributed by atoms with E-state index >= 15 is 0 Å². The lowest BCUT2D eigenvalue weighted by molar-refractivity contribution is 0.0780. The highest BCUT2D eigenvalue weighted by Gasteiger charge is 2.21. The van der Waals surface area contributed by atoms with Gasteiger partial charge in [0.1, 0.15) is 5.82 Å². The molecule has 150 valence electrons. The Balaban J connectivity index is 0.000000878. The first-order valence-electron chi connectivity index (χ1n) is 9.08. The van der Waals surface area contributed by atoms with E-state index in [2.05, 4.69) is 20.6 Å². The van der Waals surface area contributed by atoms with Crippen LogP contribution in [0, 0.1) is 0 Å². The summed E-state index contributed by atoms with van der Waals surface area (Å²) < 4.78 is 0. The van der Waals surface area contributed by atoms with Crippen LogP contribution in [0.25, 0.3) is 0 Å². The van der Waals surface area contributed by atoms with E-state index < -0.39 is 0 Å². The number of nitrogen functional groups attached to an aromatic ring is 1. The average molecular weight is 386 g/mol. The summed E-state index contributed by atoms with van der Waals surface area (Å²) in [5.41, 5.74) is 8.56. The molecule has 0 bridgehead atoms. The Hall–Kier alpha value is -3.20. The molecule has 0 radical (unpaired) electrons. The number of carbonyl (C=O) groups excluding carboxylic acids is 2. The molecule has 0 unspecified atom stereocenters. The molecular formula is C19H26N6O3. The van der Waals surface area contributed by atoms with Crippen LogP contribution in [0.3, 0.4) is 0 Å². The van der Waals surface area contributed by atoms with Gasteiger partial charge in [-0.15, -0.1) is 0 Å². The molecule has 2 amide bonds. The zero-order valence-electron chi connectivity index (χ0n) is 16.3. The smallest absolute Gasteiger partial charge is 0.256 e. The third-order valence-electron chi connectivity index (χ3n) is 4.06. The topological polar surface area (TPSA) is 133 Å². The molecule has 1 aliphatic rings. The number of amides is 2. The van der Waals surface area contributed by atoms with Crippen LogP contribution in [0.1, 0.15) is 40.1 Å². The van der Waals surface area contributed by atoms with Gasteiger partial charge in [-0.3, -0.25) is 9.59 Å².